The number of nitrogens with zero attached hydrogens (tertiary/aromatic N) is 2. The summed E-state index contributed by atoms with van der Waals surface area (Å²) in [6.07, 6.45) is 7.67. The van der Waals surface area contributed by atoms with E-state index in [0.717, 1.165) is 27.4 Å². The third-order valence-electron chi connectivity index (χ3n) is 3.03. The first-order chi connectivity index (χ1) is 9.38. The number of hydrogen-bond donors (Lipinski definition) is 0. The molecule has 0 spiro atoms. The number of ether oxygens (including phenoxy) is 1. The molecule has 0 saturated heterocycles. The Bertz CT molecular complexity index is 750. The smallest absolute Gasteiger partial charge is 0.0892 e. The van der Waals surface area contributed by atoms with Gasteiger partial charge in [0.2, 0.25) is 0 Å². The lowest BCUT2D eigenvalue weighted by atomic mass is 10.1. The number of hydrogen-bond acceptors (Lipinski definition) is 3. The maximum Gasteiger partial charge on any atom is 0.0892 e. The number of aromatic nitrogens is 2. The summed E-state index contributed by atoms with van der Waals surface area (Å²) in [5.41, 5.74) is 2.98. The van der Waals surface area contributed by atoms with Gasteiger partial charge in [-0.05, 0) is 17.7 Å². The molecule has 3 heteroatoms. The van der Waals surface area contributed by atoms with Crippen LogP contribution in [0.5, 0.6) is 0 Å². The summed E-state index contributed by atoms with van der Waals surface area (Å²) >= 11 is 0. The number of methoxy groups -OCH3 is 1. The molecule has 2 heterocycles. The number of benzene rings is 1. The first kappa shape index (κ1) is 11.8. The molecule has 0 unspecified atom stereocenters. The normalized spacial score (nSPS) is 11.6. The molecule has 3 nitrogen and oxygen atoms in total. The second-order valence-corrected chi connectivity index (χ2v) is 4.33. The third-order valence-corrected chi connectivity index (χ3v) is 3.03. The van der Waals surface area contributed by atoms with Crippen LogP contribution in [0.3, 0.4) is 0 Å². The summed E-state index contributed by atoms with van der Waals surface area (Å²) in [7, 11) is 1.68. The Morgan fingerprint density at radius 1 is 1.05 bits per heavy atom. The summed E-state index contributed by atoms with van der Waals surface area (Å²) < 4.78 is 5.00. The van der Waals surface area contributed by atoms with Crippen LogP contribution in [0.25, 0.3) is 27.9 Å². The SMILES string of the molecule is COCC=Cc1cnc2cnc3ccccc3c2c1. The van der Waals surface area contributed by atoms with Crippen molar-refractivity contribution in [2.75, 3.05) is 13.7 Å². The molecule has 19 heavy (non-hydrogen) atoms. The van der Waals surface area contributed by atoms with E-state index in [4.69, 9.17) is 4.74 Å². The highest BCUT2D eigenvalue weighted by molar-refractivity contribution is 6.04. The topological polar surface area (TPSA) is 35.0 Å². The number of pyridine rings is 2. The summed E-state index contributed by atoms with van der Waals surface area (Å²) in [5, 5.41) is 2.26. The molecule has 0 fully saturated rings. The first-order valence-electron chi connectivity index (χ1n) is 6.17. The molecule has 0 amide bonds. The van der Waals surface area contributed by atoms with Crippen LogP contribution in [-0.4, -0.2) is 23.7 Å². The lowest BCUT2D eigenvalue weighted by Gasteiger charge is -2.03. The molecule has 94 valence electrons. The largest absolute Gasteiger partial charge is 0.381 e. The fourth-order valence-corrected chi connectivity index (χ4v) is 2.13. The fraction of sp³-hybridized carbons (Fsp3) is 0.125. The van der Waals surface area contributed by atoms with Crippen molar-refractivity contribution in [1.82, 2.24) is 9.97 Å². The average molecular weight is 250 g/mol. The van der Waals surface area contributed by atoms with Crippen LogP contribution in [0, 0.1) is 0 Å². The van der Waals surface area contributed by atoms with E-state index < -0.39 is 0 Å². The Balaban J connectivity index is 2.17. The molecule has 0 saturated carbocycles. The summed E-state index contributed by atoms with van der Waals surface area (Å²) in [6.45, 7) is 0.606. The van der Waals surface area contributed by atoms with Crippen molar-refractivity contribution >= 4 is 27.9 Å². The minimum Gasteiger partial charge on any atom is -0.381 e. The molecule has 0 radical (unpaired) electrons. The van der Waals surface area contributed by atoms with Crippen LogP contribution in [-0.2, 0) is 4.74 Å². The van der Waals surface area contributed by atoms with Crippen molar-refractivity contribution in [3.05, 3.63) is 54.4 Å². The molecule has 0 bridgehead atoms. The van der Waals surface area contributed by atoms with E-state index >= 15 is 0 Å². The highest BCUT2D eigenvalue weighted by atomic mass is 16.5. The maximum absolute atomic E-state index is 5.00. The first-order valence-corrected chi connectivity index (χ1v) is 6.17. The number of rotatable bonds is 3. The van der Waals surface area contributed by atoms with E-state index in [-0.39, 0.29) is 0 Å². The van der Waals surface area contributed by atoms with E-state index in [1.807, 2.05) is 42.7 Å². The Hall–Kier alpha value is -2.26. The molecular weight excluding hydrogens is 236 g/mol. The van der Waals surface area contributed by atoms with Gasteiger partial charge in [0, 0.05) is 24.1 Å². The van der Waals surface area contributed by atoms with E-state index in [1.165, 1.54) is 0 Å². The van der Waals surface area contributed by atoms with Gasteiger partial charge in [0.25, 0.3) is 0 Å². The molecule has 3 rings (SSSR count). The molecule has 0 atom stereocenters. The maximum atomic E-state index is 5.00. The van der Waals surface area contributed by atoms with Crippen LogP contribution in [0.2, 0.25) is 0 Å². The predicted octanol–water partition coefficient (Wildman–Crippen LogP) is 3.44. The Morgan fingerprint density at radius 2 is 1.89 bits per heavy atom. The zero-order chi connectivity index (χ0) is 13.1. The molecule has 0 N–H and O–H groups in total. The Labute approximate surface area is 111 Å². The van der Waals surface area contributed by atoms with E-state index in [1.54, 1.807) is 7.11 Å². The summed E-state index contributed by atoms with van der Waals surface area (Å²) in [5.74, 6) is 0. The molecule has 0 aliphatic rings. The van der Waals surface area contributed by atoms with Crippen LogP contribution in [0.1, 0.15) is 5.56 Å². The Kier molecular flexibility index (Phi) is 3.21. The van der Waals surface area contributed by atoms with Crippen molar-refractivity contribution in [2.45, 2.75) is 0 Å². The fourth-order valence-electron chi connectivity index (χ4n) is 2.13. The zero-order valence-corrected chi connectivity index (χ0v) is 10.7. The van der Waals surface area contributed by atoms with Gasteiger partial charge in [0.1, 0.15) is 0 Å². The van der Waals surface area contributed by atoms with Crippen molar-refractivity contribution in [3.63, 3.8) is 0 Å². The van der Waals surface area contributed by atoms with Crippen LogP contribution < -0.4 is 0 Å². The van der Waals surface area contributed by atoms with Gasteiger partial charge in [-0.2, -0.15) is 0 Å². The standard InChI is InChI=1S/C16H14N2O/c1-19-8-4-5-12-9-14-13-6-2-3-7-15(13)18-11-16(14)17-10-12/h2-7,9-11H,8H2,1H3. The van der Waals surface area contributed by atoms with Gasteiger partial charge >= 0.3 is 0 Å². The third kappa shape index (κ3) is 2.33. The van der Waals surface area contributed by atoms with Crippen molar-refractivity contribution in [3.8, 4) is 0 Å². The summed E-state index contributed by atoms with van der Waals surface area (Å²) in [6, 6.07) is 10.3. The highest BCUT2D eigenvalue weighted by Gasteiger charge is 2.02. The molecule has 3 aromatic rings. The number of para-hydroxylation sites is 1. The van der Waals surface area contributed by atoms with Crippen molar-refractivity contribution in [1.29, 1.82) is 0 Å². The van der Waals surface area contributed by atoms with Gasteiger partial charge in [-0.25, -0.2) is 0 Å². The van der Waals surface area contributed by atoms with Crippen LogP contribution >= 0.6 is 0 Å². The lowest BCUT2D eigenvalue weighted by Crippen LogP contribution is -1.86. The van der Waals surface area contributed by atoms with Crippen LogP contribution in [0.15, 0.2) is 48.8 Å². The molecule has 0 aliphatic carbocycles. The van der Waals surface area contributed by atoms with E-state index in [0.29, 0.717) is 6.61 Å². The minimum absolute atomic E-state index is 0.606. The molecule has 0 aliphatic heterocycles. The summed E-state index contributed by atoms with van der Waals surface area (Å²) in [4.78, 5) is 8.87. The predicted molar refractivity (Wildman–Crippen MR) is 78.0 cm³/mol. The van der Waals surface area contributed by atoms with Gasteiger partial charge < -0.3 is 4.74 Å². The highest BCUT2D eigenvalue weighted by Crippen LogP contribution is 2.23. The quantitative estimate of drug-likeness (QED) is 0.668. The lowest BCUT2D eigenvalue weighted by molar-refractivity contribution is 0.234. The molecular formula is C16H14N2O. The van der Waals surface area contributed by atoms with Crippen LogP contribution in [0.4, 0.5) is 0 Å². The van der Waals surface area contributed by atoms with Gasteiger partial charge in [0.15, 0.2) is 0 Å². The van der Waals surface area contributed by atoms with Gasteiger partial charge in [0.05, 0.1) is 23.8 Å². The average Bonchev–Trinajstić information content (AvgIpc) is 2.47. The molecule has 2 aromatic heterocycles. The Morgan fingerprint density at radius 3 is 2.79 bits per heavy atom. The minimum atomic E-state index is 0.606. The van der Waals surface area contributed by atoms with Gasteiger partial charge in [-0.15, -0.1) is 0 Å². The van der Waals surface area contributed by atoms with E-state index in [2.05, 4.69) is 22.1 Å². The zero-order valence-electron chi connectivity index (χ0n) is 10.7. The van der Waals surface area contributed by atoms with Gasteiger partial charge in [-0.1, -0.05) is 30.4 Å². The second-order valence-electron chi connectivity index (χ2n) is 4.33. The molecule has 1 aromatic carbocycles. The monoisotopic (exact) mass is 250 g/mol. The number of fused-ring (bicyclic) bond motifs is 3. The van der Waals surface area contributed by atoms with Crippen molar-refractivity contribution < 1.29 is 4.74 Å². The second kappa shape index (κ2) is 5.16. The van der Waals surface area contributed by atoms with Gasteiger partial charge in [-0.3, -0.25) is 9.97 Å². The van der Waals surface area contributed by atoms with E-state index in [9.17, 15) is 0 Å². The van der Waals surface area contributed by atoms with Crippen molar-refractivity contribution in [2.24, 2.45) is 0 Å².